The van der Waals surface area contributed by atoms with Crippen LogP contribution < -0.4 is 5.73 Å². The quantitative estimate of drug-likeness (QED) is 0.727. The van der Waals surface area contributed by atoms with E-state index >= 15 is 0 Å². The number of esters is 1. The molecule has 0 atom stereocenters. The highest BCUT2D eigenvalue weighted by Gasteiger charge is 2.16. The van der Waals surface area contributed by atoms with Crippen LogP contribution in [-0.4, -0.2) is 17.6 Å². The van der Waals surface area contributed by atoms with Gasteiger partial charge in [0, 0.05) is 6.20 Å². The van der Waals surface area contributed by atoms with E-state index in [1.54, 1.807) is 6.92 Å². The van der Waals surface area contributed by atoms with Crippen molar-refractivity contribution >= 4 is 11.7 Å². The van der Waals surface area contributed by atoms with Gasteiger partial charge in [0.1, 0.15) is 5.56 Å². The first-order valence-electron chi connectivity index (χ1n) is 4.15. The summed E-state index contributed by atoms with van der Waals surface area (Å²) in [5.74, 6) is -1.33. The molecular formula is C9H11FN2O2. The van der Waals surface area contributed by atoms with Crippen LogP contribution in [0.2, 0.25) is 0 Å². The highest BCUT2D eigenvalue weighted by atomic mass is 19.1. The van der Waals surface area contributed by atoms with Gasteiger partial charge < -0.3 is 10.5 Å². The monoisotopic (exact) mass is 198 g/mol. The van der Waals surface area contributed by atoms with E-state index in [4.69, 9.17) is 5.73 Å². The summed E-state index contributed by atoms with van der Waals surface area (Å²) < 4.78 is 17.9. The summed E-state index contributed by atoms with van der Waals surface area (Å²) in [6.07, 6.45) is 1.21. The van der Waals surface area contributed by atoms with E-state index in [0.29, 0.717) is 0 Å². The molecule has 0 aromatic carbocycles. The SMILES string of the molecule is CCOC(=O)c1cnc(C)c(F)c1N. The topological polar surface area (TPSA) is 65.2 Å². The third kappa shape index (κ3) is 1.81. The molecule has 4 nitrogen and oxygen atoms in total. The van der Waals surface area contributed by atoms with Crippen LogP contribution in [-0.2, 0) is 4.74 Å². The molecule has 0 spiro atoms. The van der Waals surface area contributed by atoms with E-state index in [2.05, 4.69) is 9.72 Å². The van der Waals surface area contributed by atoms with Gasteiger partial charge in [0.15, 0.2) is 5.82 Å². The second-order valence-electron chi connectivity index (χ2n) is 2.71. The number of nitrogens with zero attached hydrogens (tertiary/aromatic N) is 1. The molecular weight excluding hydrogens is 187 g/mol. The summed E-state index contributed by atoms with van der Waals surface area (Å²) >= 11 is 0. The first-order valence-corrected chi connectivity index (χ1v) is 4.15. The lowest BCUT2D eigenvalue weighted by molar-refractivity contribution is 0.0526. The van der Waals surface area contributed by atoms with E-state index in [9.17, 15) is 9.18 Å². The van der Waals surface area contributed by atoms with E-state index < -0.39 is 11.8 Å². The fourth-order valence-corrected chi connectivity index (χ4v) is 0.972. The molecule has 0 saturated carbocycles. The van der Waals surface area contributed by atoms with E-state index in [1.807, 2.05) is 0 Å². The van der Waals surface area contributed by atoms with Crippen molar-refractivity contribution in [3.05, 3.63) is 23.3 Å². The highest BCUT2D eigenvalue weighted by molar-refractivity contribution is 5.94. The Bertz CT molecular complexity index is 366. The van der Waals surface area contributed by atoms with Crippen molar-refractivity contribution in [1.29, 1.82) is 0 Å². The molecule has 0 aliphatic carbocycles. The Morgan fingerprint density at radius 3 is 2.93 bits per heavy atom. The van der Waals surface area contributed by atoms with Crippen molar-refractivity contribution in [2.24, 2.45) is 0 Å². The fraction of sp³-hybridized carbons (Fsp3) is 0.333. The van der Waals surface area contributed by atoms with Gasteiger partial charge in [0.25, 0.3) is 0 Å². The first kappa shape index (κ1) is 10.4. The number of pyridine rings is 1. The van der Waals surface area contributed by atoms with Crippen LogP contribution >= 0.6 is 0 Å². The Labute approximate surface area is 80.9 Å². The average Bonchev–Trinajstić information content (AvgIpc) is 2.15. The number of carbonyl (C=O) groups excluding carboxylic acids is 1. The van der Waals surface area contributed by atoms with Gasteiger partial charge in [-0.25, -0.2) is 9.18 Å². The molecule has 0 fully saturated rings. The van der Waals surface area contributed by atoms with E-state index in [-0.39, 0.29) is 23.6 Å². The number of aryl methyl sites for hydroxylation is 1. The second-order valence-corrected chi connectivity index (χ2v) is 2.71. The predicted molar refractivity (Wildman–Crippen MR) is 49.3 cm³/mol. The smallest absolute Gasteiger partial charge is 0.341 e. The van der Waals surface area contributed by atoms with Crippen LogP contribution in [0.5, 0.6) is 0 Å². The predicted octanol–water partition coefficient (Wildman–Crippen LogP) is 1.29. The first-order chi connectivity index (χ1) is 6.57. The minimum Gasteiger partial charge on any atom is -0.462 e. The summed E-state index contributed by atoms with van der Waals surface area (Å²) in [5.41, 5.74) is 5.32. The lowest BCUT2D eigenvalue weighted by Gasteiger charge is -2.06. The molecule has 0 aliphatic heterocycles. The molecule has 1 rings (SSSR count). The van der Waals surface area contributed by atoms with Crippen molar-refractivity contribution < 1.29 is 13.9 Å². The molecule has 1 aromatic rings. The van der Waals surface area contributed by atoms with Crippen molar-refractivity contribution in [2.45, 2.75) is 13.8 Å². The Balaban J connectivity index is 3.11. The summed E-state index contributed by atoms with van der Waals surface area (Å²) in [6, 6.07) is 0. The number of aromatic nitrogens is 1. The number of carbonyl (C=O) groups is 1. The number of hydrogen-bond acceptors (Lipinski definition) is 4. The minimum absolute atomic E-state index is 0.0325. The number of hydrogen-bond donors (Lipinski definition) is 1. The third-order valence-electron chi connectivity index (χ3n) is 1.73. The largest absolute Gasteiger partial charge is 0.462 e. The molecule has 0 unspecified atom stereocenters. The standard InChI is InChI=1S/C9H11FN2O2/c1-3-14-9(13)6-4-12-5(2)7(10)8(6)11/h4H,3H2,1-2H3,(H2,11,12). The maximum absolute atomic E-state index is 13.2. The van der Waals surface area contributed by atoms with Gasteiger partial charge in [0.05, 0.1) is 18.0 Å². The molecule has 14 heavy (non-hydrogen) atoms. The van der Waals surface area contributed by atoms with Gasteiger partial charge in [-0.1, -0.05) is 0 Å². The summed E-state index contributed by atoms with van der Waals surface area (Å²) in [4.78, 5) is 14.9. The van der Waals surface area contributed by atoms with E-state index in [0.717, 1.165) is 0 Å². The van der Waals surface area contributed by atoms with Crippen molar-refractivity contribution in [3.8, 4) is 0 Å². The summed E-state index contributed by atoms with van der Waals surface area (Å²) in [6.45, 7) is 3.35. The lowest BCUT2D eigenvalue weighted by Crippen LogP contribution is -2.11. The van der Waals surface area contributed by atoms with Crippen molar-refractivity contribution in [1.82, 2.24) is 4.98 Å². The normalized spacial score (nSPS) is 9.93. The lowest BCUT2D eigenvalue weighted by atomic mass is 10.2. The van der Waals surface area contributed by atoms with Crippen molar-refractivity contribution in [2.75, 3.05) is 12.3 Å². The van der Waals surface area contributed by atoms with Gasteiger partial charge in [0.2, 0.25) is 0 Å². The summed E-state index contributed by atoms with van der Waals surface area (Å²) in [7, 11) is 0. The van der Waals surface area contributed by atoms with Crippen molar-refractivity contribution in [3.63, 3.8) is 0 Å². The number of ether oxygens (including phenoxy) is 1. The van der Waals surface area contributed by atoms with Crippen LogP contribution in [0.25, 0.3) is 0 Å². The Kier molecular flexibility index (Phi) is 3.01. The maximum atomic E-state index is 13.2. The Morgan fingerprint density at radius 2 is 2.36 bits per heavy atom. The molecule has 0 saturated heterocycles. The molecule has 1 aromatic heterocycles. The van der Waals surface area contributed by atoms with Crippen LogP contribution in [0.15, 0.2) is 6.20 Å². The molecule has 2 N–H and O–H groups in total. The second kappa shape index (κ2) is 4.04. The highest BCUT2D eigenvalue weighted by Crippen LogP contribution is 2.18. The van der Waals surface area contributed by atoms with E-state index in [1.165, 1.54) is 13.1 Å². The van der Waals surface area contributed by atoms with Gasteiger partial charge in [-0.3, -0.25) is 4.98 Å². The molecule has 0 amide bonds. The van der Waals surface area contributed by atoms with Gasteiger partial charge >= 0.3 is 5.97 Å². The number of nitrogens with two attached hydrogens (primary N) is 1. The van der Waals surface area contributed by atoms with Gasteiger partial charge in [-0.2, -0.15) is 0 Å². The zero-order valence-corrected chi connectivity index (χ0v) is 8.00. The molecule has 0 radical (unpaired) electrons. The number of rotatable bonds is 2. The fourth-order valence-electron chi connectivity index (χ4n) is 0.972. The minimum atomic E-state index is -0.671. The number of halogens is 1. The molecule has 76 valence electrons. The summed E-state index contributed by atoms with van der Waals surface area (Å²) in [5, 5.41) is 0. The third-order valence-corrected chi connectivity index (χ3v) is 1.73. The number of nitrogen functional groups attached to an aromatic ring is 1. The van der Waals surface area contributed by atoms with Crippen LogP contribution in [0, 0.1) is 12.7 Å². The van der Waals surface area contributed by atoms with Gasteiger partial charge in [-0.15, -0.1) is 0 Å². The van der Waals surface area contributed by atoms with Crippen LogP contribution in [0.3, 0.4) is 0 Å². The Morgan fingerprint density at radius 1 is 1.71 bits per heavy atom. The molecule has 1 heterocycles. The average molecular weight is 198 g/mol. The molecule has 0 aliphatic rings. The zero-order chi connectivity index (χ0) is 10.7. The molecule has 5 heteroatoms. The number of anilines is 1. The zero-order valence-electron chi connectivity index (χ0n) is 8.00. The maximum Gasteiger partial charge on any atom is 0.341 e. The molecule has 0 bridgehead atoms. The van der Waals surface area contributed by atoms with Gasteiger partial charge in [-0.05, 0) is 13.8 Å². The van der Waals surface area contributed by atoms with Crippen LogP contribution in [0.4, 0.5) is 10.1 Å². The van der Waals surface area contributed by atoms with Crippen LogP contribution in [0.1, 0.15) is 23.0 Å². The Hall–Kier alpha value is -1.65.